The summed E-state index contributed by atoms with van der Waals surface area (Å²) in [5.74, 6) is 0.682. The predicted molar refractivity (Wildman–Crippen MR) is 59.3 cm³/mol. The van der Waals surface area contributed by atoms with E-state index >= 15 is 0 Å². The first-order chi connectivity index (χ1) is 6.99. The molecular weight excluding hydrogens is 245 g/mol. The quantitative estimate of drug-likeness (QED) is 0.505. The molecule has 1 saturated carbocycles. The summed E-state index contributed by atoms with van der Waals surface area (Å²) in [5, 5.41) is 0.0846. The van der Waals surface area contributed by atoms with E-state index < -0.39 is 5.51 Å². The van der Waals surface area contributed by atoms with E-state index in [-0.39, 0.29) is 22.9 Å². The molecule has 0 aromatic heterocycles. The summed E-state index contributed by atoms with van der Waals surface area (Å²) in [7, 11) is 0. The molecule has 0 radical (unpaired) electrons. The van der Waals surface area contributed by atoms with Gasteiger partial charge in [0.2, 0.25) is 0 Å². The Kier molecular flexibility index (Phi) is 5.61. The van der Waals surface area contributed by atoms with Crippen molar-refractivity contribution in [2.45, 2.75) is 49.4 Å². The third kappa shape index (κ3) is 5.91. The third-order valence-corrected chi connectivity index (χ3v) is 4.20. The van der Waals surface area contributed by atoms with Gasteiger partial charge >= 0.3 is 5.51 Å². The molecule has 0 spiro atoms. The molecule has 0 aromatic rings. The second-order valence-corrected chi connectivity index (χ2v) is 5.72. The van der Waals surface area contributed by atoms with Crippen LogP contribution in [0.25, 0.3) is 0 Å². The van der Waals surface area contributed by atoms with E-state index in [0.29, 0.717) is 12.3 Å². The monoisotopic (exact) mass is 260 g/mol. The van der Waals surface area contributed by atoms with Crippen molar-refractivity contribution in [3.05, 3.63) is 0 Å². The van der Waals surface area contributed by atoms with Gasteiger partial charge < -0.3 is 0 Å². The number of rotatable bonds is 5. The maximum Gasteiger partial charge on any atom is 0.441 e. The smallest absolute Gasteiger partial charge is 0.160 e. The zero-order valence-electron chi connectivity index (χ0n) is 8.52. The Morgan fingerprint density at radius 2 is 1.87 bits per heavy atom. The van der Waals surface area contributed by atoms with Crippen molar-refractivity contribution in [3.63, 3.8) is 0 Å². The highest BCUT2D eigenvalue weighted by Crippen LogP contribution is 2.34. The normalized spacial score (nSPS) is 20.8. The Morgan fingerprint density at radius 1 is 1.27 bits per heavy atom. The lowest BCUT2D eigenvalue weighted by atomic mass is 10.0. The molecule has 15 heavy (non-hydrogen) atoms. The molecule has 0 nitrogen and oxygen atoms in total. The minimum Gasteiger partial charge on any atom is -0.160 e. The van der Waals surface area contributed by atoms with E-state index in [1.54, 1.807) is 0 Å². The number of thioether (sulfide) groups is 1. The van der Waals surface area contributed by atoms with Crippen molar-refractivity contribution in [2.75, 3.05) is 5.75 Å². The van der Waals surface area contributed by atoms with Gasteiger partial charge in [0.05, 0.1) is 0 Å². The van der Waals surface area contributed by atoms with E-state index in [1.165, 1.54) is 12.8 Å². The molecular formula is C10H16ClF3S. The molecule has 1 fully saturated rings. The van der Waals surface area contributed by atoms with Crippen LogP contribution in [0.2, 0.25) is 0 Å². The summed E-state index contributed by atoms with van der Waals surface area (Å²) in [4.78, 5) is 0. The topological polar surface area (TPSA) is 0 Å². The lowest BCUT2D eigenvalue weighted by molar-refractivity contribution is -0.0328. The van der Waals surface area contributed by atoms with Crippen LogP contribution in [-0.2, 0) is 0 Å². The minimum atomic E-state index is -4.09. The van der Waals surface area contributed by atoms with Gasteiger partial charge in [0, 0.05) is 11.1 Å². The summed E-state index contributed by atoms with van der Waals surface area (Å²) < 4.78 is 35.4. The number of hydrogen-bond donors (Lipinski definition) is 0. The molecule has 1 unspecified atom stereocenters. The van der Waals surface area contributed by atoms with Crippen molar-refractivity contribution < 1.29 is 13.2 Å². The van der Waals surface area contributed by atoms with Crippen LogP contribution in [0.15, 0.2) is 0 Å². The molecule has 1 rings (SSSR count). The van der Waals surface area contributed by atoms with Gasteiger partial charge in [0.1, 0.15) is 0 Å². The van der Waals surface area contributed by atoms with E-state index in [2.05, 4.69) is 0 Å². The predicted octanol–water partition coefficient (Wildman–Crippen LogP) is 4.82. The van der Waals surface area contributed by atoms with Crippen molar-refractivity contribution >= 4 is 23.4 Å². The van der Waals surface area contributed by atoms with Crippen molar-refractivity contribution in [3.8, 4) is 0 Å². The van der Waals surface area contributed by atoms with Gasteiger partial charge in [-0.3, -0.25) is 0 Å². The maximum atomic E-state index is 11.8. The van der Waals surface area contributed by atoms with E-state index in [1.807, 2.05) is 0 Å². The summed E-state index contributed by atoms with van der Waals surface area (Å²) in [5.41, 5.74) is -4.09. The average molecular weight is 261 g/mol. The first-order valence-electron chi connectivity index (χ1n) is 5.34. The molecule has 5 heteroatoms. The van der Waals surface area contributed by atoms with Gasteiger partial charge in [0.15, 0.2) is 0 Å². The number of alkyl halides is 4. The number of hydrogen-bond acceptors (Lipinski definition) is 1. The fraction of sp³-hybridized carbons (Fsp3) is 1.00. The molecule has 0 amide bonds. The standard InChI is InChI=1S/C10H16ClF3S/c11-9(8-4-1-2-5-8)6-3-7-15-10(12,13)14/h8-9H,1-7H2. The van der Waals surface area contributed by atoms with Gasteiger partial charge in [-0.25, -0.2) is 0 Å². The number of halogens is 4. The molecule has 0 aliphatic heterocycles. The zero-order valence-corrected chi connectivity index (χ0v) is 10.1. The van der Waals surface area contributed by atoms with Gasteiger partial charge in [-0.15, -0.1) is 11.6 Å². The molecule has 0 bridgehead atoms. The third-order valence-electron chi connectivity index (χ3n) is 2.80. The van der Waals surface area contributed by atoms with Crippen LogP contribution in [0, 0.1) is 5.92 Å². The first kappa shape index (κ1) is 13.5. The summed E-state index contributed by atoms with van der Waals surface area (Å²) in [6.45, 7) is 0. The molecule has 1 aliphatic rings. The average Bonchev–Trinajstić information content (AvgIpc) is 2.63. The first-order valence-corrected chi connectivity index (χ1v) is 6.76. The van der Waals surface area contributed by atoms with Crippen LogP contribution in [0.3, 0.4) is 0 Å². The second-order valence-electron chi connectivity index (χ2n) is 4.00. The highest BCUT2D eigenvalue weighted by atomic mass is 35.5. The molecule has 0 heterocycles. The second kappa shape index (κ2) is 6.24. The van der Waals surface area contributed by atoms with Crippen LogP contribution < -0.4 is 0 Å². The summed E-state index contributed by atoms with van der Waals surface area (Å²) in [6.07, 6.45) is 6.04. The Bertz CT molecular complexity index is 178. The molecule has 0 aromatic carbocycles. The fourth-order valence-electron chi connectivity index (χ4n) is 2.02. The van der Waals surface area contributed by atoms with Gasteiger partial charge in [-0.1, -0.05) is 24.6 Å². The molecule has 1 atom stereocenters. The highest BCUT2D eigenvalue weighted by molar-refractivity contribution is 8.00. The Balaban J connectivity index is 2.04. The SMILES string of the molecule is FC(F)(F)SCCCC(Cl)C1CCCC1. The van der Waals surface area contributed by atoms with Gasteiger partial charge in [-0.2, -0.15) is 13.2 Å². The lowest BCUT2D eigenvalue weighted by Crippen LogP contribution is -2.12. The summed E-state index contributed by atoms with van der Waals surface area (Å²) >= 11 is 6.21. The van der Waals surface area contributed by atoms with Gasteiger partial charge in [0.25, 0.3) is 0 Å². The Hall–Kier alpha value is 0.430. The molecule has 90 valence electrons. The molecule has 1 aliphatic carbocycles. The largest absolute Gasteiger partial charge is 0.441 e. The van der Waals surface area contributed by atoms with Crippen molar-refractivity contribution in [2.24, 2.45) is 5.92 Å². The Labute approximate surface area is 97.9 Å². The zero-order chi connectivity index (χ0) is 11.3. The molecule has 0 N–H and O–H groups in total. The van der Waals surface area contributed by atoms with Crippen LogP contribution in [0.1, 0.15) is 38.5 Å². The van der Waals surface area contributed by atoms with E-state index in [4.69, 9.17) is 11.6 Å². The fourth-order valence-corrected chi connectivity index (χ4v) is 2.97. The Morgan fingerprint density at radius 3 is 2.40 bits per heavy atom. The highest BCUT2D eigenvalue weighted by Gasteiger charge is 2.28. The minimum absolute atomic E-state index is 0.0595. The lowest BCUT2D eigenvalue weighted by Gasteiger charge is -2.16. The van der Waals surface area contributed by atoms with Crippen molar-refractivity contribution in [1.29, 1.82) is 0 Å². The van der Waals surface area contributed by atoms with Gasteiger partial charge in [-0.05, 0) is 31.6 Å². The van der Waals surface area contributed by atoms with E-state index in [0.717, 1.165) is 19.3 Å². The van der Waals surface area contributed by atoms with Crippen LogP contribution in [0.5, 0.6) is 0 Å². The van der Waals surface area contributed by atoms with Crippen LogP contribution >= 0.6 is 23.4 Å². The van der Waals surface area contributed by atoms with Crippen molar-refractivity contribution in [1.82, 2.24) is 0 Å². The molecule has 0 saturated heterocycles. The maximum absolute atomic E-state index is 11.8. The van der Waals surface area contributed by atoms with Crippen LogP contribution in [0.4, 0.5) is 13.2 Å². The summed E-state index contributed by atoms with van der Waals surface area (Å²) in [6, 6.07) is 0. The van der Waals surface area contributed by atoms with E-state index in [9.17, 15) is 13.2 Å². The van der Waals surface area contributed by atoms with Crippen LogP contribution in [-0.4, -0.2) is 16.6 Å².